The summed E-state index contributed by atoms with van der Waals surface area (Å²) in [6.07, 6.45) is 4.06. The number of rotatable bonds is 9. The SMILES string of the molecule is C=CCN1C(=O)C(SCc2ccco2)=C(c2ccc(OCCC)cc2)C1=O. The first-order valence-corrected chi connectivity index (χ1v) is 9.74. The minimum atomic E-state index is -0.302. The average Bonchev–Trinajstić information content (AvgIpc) is 3.28. The Hall–Kier alpha value is -2.73. The Balaban J connectivity index is 1.90. The lowest BCUT2D eigenvalue weighted by atomic mass is 10.1. The summed E-state index contributed by atoms with van der Waals surface area (Å²) in [6.45, 7) is 6.50. The van der Waals surface area contributed by atoms with Gasteiger partial charge in [-0.2, -0.15) is 0 Å². The van der Waals surface area contributed by atoms with E-state index in [4.69, 9.17) is 9.15 Å². The molecule has 0 bridgehead atoms. The fraction of sp³-hybridized carbons (Fsp3) is 0.238. The first-order chi connectivity index (χ1) is 13.2. The molecule has 140 valence electrons. The Labute approximate surface area is 162 Å². The molecule has 2 aromatic rings. The van der Waals surface area contributed by atoms with Gasteiger partial charge in [-0.3, -0.25) is 14.5 Å². The monoisotopic (exact) mass is 383 g/mol. The highest BCUT2D eigenvalue weighted by Crippen LogP contribution is 2.37. The summed E-state index contributed by atoms with van der Waals surface area (Å²) in [7, 11) is 0. The van der Waals surface area contributed by atoms with E-state index < -0.39 is 0 Å². The molecule has 0 spiro atoms. The third-order valence-electron chi connectivity index (χ3n) is 3.99. The molecule has 0 atom stereocenters. The number of hydrogen-bond acceptors (Lipinski definition) is 5. The van der Waals surface area contributed by atoms with Gasteiger partial charge in [0.1, 0.15) is 11.5 Å². The van der Waals surface area contributed by atoms with Crippen LogP contribution in [-0.4, -0.2) is 29.9 Å². The van der Waals surface area contributed by atoms with Crippen molar-refractivity contribution in [1.29, 1.82) is 0 Å². The van der Waals surface area contributed by atoms with Crippen LogP contribution in [0.4, 0.5) is 0 Å². The maximum atomic E-state index is 12.9. The summed E-state index contributed by atoms with van der Waals surface area (Å²) in [6, 6.07) is 10.9. The van der Waals surface area contributed by atoms with Crippen LogP contribution in [0.15, 0.2) is 64.6 Å². The highest BCUT2D eigenvalue weighted by atomic mass is 32.2. The topological polar surface area (TPSA) is 59.8 Å². The largest absolute Gasteiger partial charge is 0.494 e. The average molecular weight is 383 g/mol. The highest BCUT2D eigenvalue weighted by molar-refractivity contribution is 8.03. The quantitative estimate of drug-likeness (QED) is 0.478. The zero-order chi connectivity index (χ0) is 19.2. The van der Waals surface area contributed by atoms with Crippen LogP contribution in [0.1, 0.15) is 24.7 Å². The molecule has 0 N–H and O–H groups in total. The molecule has 3 rings (SSSR count). The zero-order valence-electron chi connectivity index (χ0n) is 15.1. The van der Waals surface area contributed by atoms with Crippen molar-refractivity contribution < 1.29 is 18.7 Å². The molecule has 1 aromatic heterocycles. The molecule has 0 radical (unpaired) electrons. The van der Waals surface area contributed by atoms with Gasteiger partial charge in [0.2, 0.25) is 0 Å². The third kappa shape index (κ3) is 4.17. The van der Waals surface area contributed by atoms with Crippen molar-refractivity contribution in [3.8, 4) is 5.75 Å². The van der Waals surface area contributed by atoms with Crippen molar-refractivity contribution in [2.24, 2.45) is 0 Å². The van der Waals surface area contributed by atoms with Crippen LogP contribution >= 0.6 is 11.8 Å². The number of carbonyl (C=O) groups excluding carboxylic acids is 2. The number of carbonyl (C=O) groups is 2. The van der Waals surface area contributed by atoms with Gasteiger partial charge in [0.05, 0.1) is 29.1 Å². The van der Waals surface area contributed by atoms with Crippen molar-refractivity contribution in [3.63, 3.8) is 0 Å². The Kier molecular flexibility index (Phi) is 6.19. The fourth-order valence-corrected chi connectivity index (χ4v) is 3.75. The molecule has 0 unspecified atom stereocenters. The van der Waals surface area contributed by atoms with Gasteiger partial charge in [-0.25, -0.2) is 0 Å². The molecule has 1 aromatic carbocycles. The lowest BCUT2D eigenvalue weighted by Crippen LogP contribution is -2.31. The summed E-state index contributed by atoms with van der Waals surface area (Å²) in [5, 5.41) is 0. The summed E-state index contributed by atoms with van der Waals surface area (Å²) in [4.78, 5) is 27.3. The van der Waals surface area contributed by atoms with Crippen molar-refractivity contribution in [2.45, 2.75) is 19.1 Å². The van der Waals surface area contributed by atoms with Crippen LogP contribution in [0.2, 0.25) is 0 Å². The second-order valence-corrected chi connectivity index (χ2v) is 6.94. The number of nitrogens with zero attached hydrogens (tertiary/aromatic N) is 1. The molecule has 0 aliphatic carbocycles. The molecule has 5 nitrogen and oxygen atoms in total. The molecule has 1 aliphatic rings. The number of thioether (sulfide) groups is 1. The van der Waals surface area contributed by atoms with Crippen LogP contribution < -0.4 is 4.74 Å². The van der Waals surface area contributed by atoms with Gasteiger partial charge in [0, 0.05) is 6.54 Å². The van der Waals surface area contributed by atoms with Gasteiger partial charge in [0.15, 0.2) is 0 Å². The Morgan fingerprint density at radius 2 is 1.96 bits per heavy atom. The zero-order valence-corrected chi connectivity index (χ0v) is 16.0. The van der Waals surface area contributed by atoms with Crippen molar-refractivity contribution >= 4 is 29.1 Å². The molecule has 2 heterocycles. The van der Waals surface area contributed by atoms with Crippen LogP contribution in [0.3, 0.4) is 0 Å². The van der Waals surface area contributed by atoms with Gasteiger partial charge < -0.3 is 9.15 Å². The number of ether oxygens (including phenoxy) is 1. The van der Waals surface area contributed by atoms with Crippen molar-refractivity contribution in [1.82, 2.24) is 4.90 Å². The van der Waals surface area contributed by atoms with Crippen molar-refractivity contribution in [2.75, 3.05) is 13.2 Å². The fourth-order valence-electron chi connectivity index (χ4n) is 2.71. The maximum Gasteiger partial charge on any atom is 0.268 e. The number of amides is 2. The summed E-state index contributed by atoms with van der Waals surface area (Å²) >= 11 is 1.31. The summed E-state index contributed by atoms with van der Waals surface area (Å²) in [5.74, 6) is 1.37. The minimum Gasteiger partial charge on any atom is -0.494 e. The van der Waals surface area contributed by atoms with Crippen LogP contribution in [0.5, 0.6) is 5.75 Å². The minimum absolute atomic E-state index is 0.184. The van der Waals surface area contributed by atoms with E-state index in [1.807, 2.05) is 37.3 Å². The molecule has 6 heteroatoms. The second kappa shape index (κ2) is 8.77. The third-order valence-corrected chi connectivity index (χ3v) is 5.09. The van der Waals surface area contributed by atoms with E-state index in [1.54, 1.807) is 18.4 Å². The Morgan fingerprint density at radius 1 is 1.19 bits per heavy atom. The standard InChI is InChI=1S/C21H21NO4S/c1-3-11-22-20(23)18(15-7-9-16(10-8-15)25-12-4-2)19(21(22)24)27-14-17-6-5-13-26-17/h3,5-10,13H,1,4,11-12,14H2,2H3. The van der Waals surface area contributed by atoms with E-state index >= 15 is 0 Å². The second-order valence-electron chi connectivity index (χ2n) is 5.95. The van der Waals surface area contributed by atoms with E-state index in [1.165, 1.54) is 16.7 Å². The van der Waals surface area contributed by atoms with Crippen LogP contribution in [0.25, 0.3) is 5.57 Å². The van der Waals surface area contributed by atoms with Crippen LogP contribution in [0, 0.1) is 0 Å². The summed E-state index contributed by atoms with van der Waals surface area (Å²) in [5.41, 5.74) is 1.12. The van der Waals surface area contributed by atoms with Gasteiger partial charge in [-0.15, -0.1) is 18.3 Å². The molecule has 27 heavy (non-hydrogen) atoms. The number of imide groups is 1. The number of hydrogen-bond donors (Lipinski definition) is 0. The normalized spacial score (nSPS) is 14.2. The van der Waals surface area contributed by atoms with Gasteiger partial charge in [-0.05, 0) is 36.2 Å². The molecule has 1 aliphatic heterocycles. The van der Waals surface area contributed by atoms with E-state index in [0.29, 0.717) is 28.4 Å². The molecule has 0 saturated heterocycles. The van der Waals surface area contributed by atoms with E-state index in [0.717, 1.165) is 17.9 Å². The molecule has 0 fully saturated rings. The summed E-state index contributed by atoms with van der Waals surface area (Å²) < 4.78 is 10.9. The van der Waals surface area contributed by atoms with Crippen LogP contribution in [-0.2, 0) is 15.3 Å². The maximum absolute atomic E-state index is 12.9. The highest BCUT2D eigenvalue weighted by Gasteiger charge is 2.38. The lowest BCUT2D eigenvalue weighted by molar-refractivity contribution is -0.135. The van der Waals surface area contributed by atoms with Gasteiger partial charge >= 0.3 is 0 Å². The predicted molar refractivity (Wildman–Crippen MR) is 106 cm³/mol. The number of benzene rings is 1. The first-order valence-electron chi connectivity index (χ1n) is 8.75. The molecule has 0 saturated carbocycles. The van der Waals surface area contributed by atoms with Gasteiger partial charge in [-0.1, -0.05) is 25.1 Å². The Bertz CT molecular complexity index is 853. The molecular weight excluding hydrogens is 362 g/mol. The van der Waals surface area contributed by atoms with E-state index in [2.05, 4.69) is 6.58 Å². The van der Waals surface area contributed by atoms with E-state index in [9.17, 15) is 9.59 Å². The predicted octanol–water partition coefficient (Wildman–Crippen LogP) is 4.27. The lowest BCUT2D eigenvalue weighted by Gasteiger charge is -2.12. The first kappa shape index (κ1) is 19.0. The van der Waals surface area contributed by atoms with Gasteiger partial charge in [0.25, 0.3) is 11.8 Å². The Morgan fingerprint density at radius 3 is 2.59 bits per heavy atom. The number of furan rings is 1. The smallest absolute Gasteiger partial charge is 0.268 e. The molecule has 2 amide bonds. The molecular formula is C21H21NO4S. The van der Waals surface area contributed by atoms with Crippen molar-refractivity contribution in [3.05, 3.63) is 71.5 Å². The van der Waals surface area contributed by atoms with E-state index in [-0.39, 0.29) is 18.4 Å².